The number of thiazole rings is 1. The molecule has 14 heteroatoms. The van der Waals surface area contributed by atoms with E-state index in [0.717, 1.165) is 41.2 Å². The normalized spacial score (nSPS) is 12.1. The highest BCUT2D eigenvalue weighted by Crippen LogP contribution is 2.36. The van der Waals surface area contributed by atoms with E-state index < -0.39 is 22.2 Å². The number of carboxylic acid groups (broad SMARTS) is 1. The van der Waals surface area contributed by atoms with Crippen LogP contribution < -0.4 is 4.31 Å². The van der Waals surface area contributed by atoms with Crippen LogP contribution in [0.4, 0.5) is 18.9 Å². The lowest BCUT2D eigenvalue weighted by molar-refractivity contribution is -0.192. The van der Waals surface area contributed by atoms with Crippen LogP contribution in [0, 0.1) is 0 Å². The smallest absolute Gasteiger partial charge is 0.475 e. The number of nitrogens with zero attached hydrogens (tertiary/aromatic N) is 3. The van der Waals surface area contributed by atoms with Gasteiger partial charge in [-0.15, -0.1) is 22.7 Å². The molecule has 39 heavy (non-hydrogen) atoms. The maximum absolute atomic E-state index is 13.4. The summed E-state index contributed by atoms with van der Waals surface area (Å²) in [7, 11) is -3.66. The van der Waals surface area contributed by atoms with Crippen molar-refractivity contribution in [3.63, 3.8) is 0 Å². The van der Waals surface area contributed by atoms with Crippen molar-refractivity contribution < 1.29 is 31.5 Å². The van der Waals surface area contributed by atoms with E-state index in [-0.39, 0.29) is 6.04 Å². The van der Waals surface area contributed by atoms with Gasteiger partial charge in [-0.05, 0) is 50.5 Å². The van der Waals surface area contributed by atoms with Crippen LogP contribution in [0.25, 0.3) is 21.6 Å². The number of benzene rings is 1. The molecule has 3 aromatic heterocycles. The van der Waals surface area contributed by atoms with Crippen molar-refractivity contribution in [3.05, 3.63) is 52.9 Å². The molecule has 0 saturated heterocycles. The minimum atomic E-state index is -5.08. The van der Waals surface area contributed by atoms with E-state index >= 15 is 0 Å². The number of sulfonamides is 1. The molecule has 4 aromatic rings. The molecular weight excluding hydrogens is 573 g/mol. The molecule has 0 spiro atoms. The third-order valence-corrected chi connectivity index (χ3v) is 10.0. The minimum absolute atomic E-state index is 0.236. The number of fused-ring (bicyclic) bond motifs is 1. The summed E-state index contributed by atoms with van der Waals surface area (Å²) in [6, 6.07) is 11.0. The molecule has 0 radical (unpaired) electrons. The predicted molar refractivity (Wildman–Crippen MR) is 149 cm³/mol. The van der Waals surface area contributed by atoms with Crippen LogP contribution in [-0.4, -0.2) is 59.7 Å². The summed E-state index contributed by atoms with van der Waals surface area (Å²) in [5.41, 5.74) is 2.36. The second kappa shape index (κ2) is 12.5. The third-order valence-electron chi connectivity index (χ3n) is 5.65. The van der Waals surface area contributed by atoms with Crippen LogP contribution in [0.2, 0.25) is 0 Å². The monoisotopic (exact) mass is 602 g/mol. The van der Waals surface area contributed by atoms with Gasteiger partial charge in [-0.1, -0.05) is 32.0 Å². The van der Waals surface area contributed by atoms with Crippen LogP contribution in [0.1, 0.15) is 32.6 Å². The second-order valence-corrected chi connectivity index (χ2v) is 12.8. The Kier molecular flexibility index (Phi) is 9.80. The van der Waals surface area contributed by atoms with Gasteiger partial charge in [-0.2, -0.15) is 13.2 Å². The van der Waals surface area contributed by atoms with E-state index in [9.17, 15) is 21.6 Å². The van der Waals surface area contributed by atoms with Gasteiger partial charge in [0.15, 0.2) is 0 Å². The number of rotatable bonds is 9. The van der Waals surface area contributed by atoms with Gasteiger partial charge >= 0.3 is 12.1 Å². The Balaban J connectivity index is 0.000000532. The van der Waals surface area contributed by atoms with Gasteiger partial charge in [0.2, 0.25) is 0 Å². The van der Waals surface area contributed by atoms with Crippen molar-refractivity contribution in [2.24, 2.45) is 0 Å². The molecule has 2 N–H and O–H groups in total. The molecular formula is C25H29F3N4O4S3. The Morgan fingerprint density at radius 1 is 1.15 bits per heavy atom. The van der Waals surface area contributed by atoms with Gasteiger partial charge < -0.3 is 10.1 Å². The molecule has 0 unspecified atom stereocenters. The summed E-state index contributed by atoms with van der Waals surface area (Å²) < 4.78 is 60.4. The number of aromatic amines is 1. The highest BCUT2D eigenvalue weighted by atomic mass is 32.2. The number of alkyl halides is 3. The Labute approximate surface area is 232 Å². The van der Waals surface area contributed by atoms with E-state index in [1.807, 2.05) is 38.2 Å². The average Bonchev–Trinajstić information content (AvgIpc) is 3.63. The number of thiophene rings is 1. The summed E-state index contributed by atoms with van der Waals surface area (Å²) in [6.45, 7) is 11.0. The molecule has 0 saturated carbocycles. The molecule has 1 aromatic carbocycles. The first-order chi connectivity index (χ1) is 18.3. The molecule has 0 fully saturated rings. The minimum Gasteiger partial charge on any atom is -0.475 e. The second-order valence-electron chi connectivity index (χ2n) is 8.65. The van der Waals surface area contributed by atoms with Crippen LogP contribution >= 0.6 is 22.7 Å². The molecule has 8 nitrogen and oxygen atoms in total. The summed E-state index contributed by atoms with van der Waals surface area (Å²) in [4.78, 5) is 20.6. The summed E-state index contributed by atoms with van der Waals surface area (Å²) >= 11 is 2.91. The number of para-hydroxylation sites is 1. The molecule has 3 heterocycles. The molecule has 0 atom stereocenters. The zero-order valence-electron chi connectivity index (χ0n) is 21.7. The predicted octanol–water partition coefficient (Wildman–Crippen LogP) is 6.43. The standard InChI is InChI=1S/C23H28N4O2S3.C2HF3O2/c1-5-26(6-2)15-18-14-24-23(31-18)19-13-17-9-7-10-20(22(17)25-19)27(16(3)4)32(28,29)21-11-8-12-30-21;3-2(4,5)1(6)7/h7-14,16,25H,5-6,15H2,1-4H3;(H,6,7). The van der Waals surface area contributed by atoms with E-state index in [4.69, 9.17) is 9.90 Å². The van der Waals surface area contributed by atoms with Crippen molar-refractivity contribution in [1.29, 1.82) is 0 Å². The first-order valence-electron chi connectivity index (χ1n) is 12.0. The number of anilines is 1. The number of halogens is 3. The van der Waals surface area contributed by atoms with E-state index in [1.165, 1.54) is 20.5 Å². The number of aliphatic carboxylic acids is 1. The Hall–Kier alpha value is -2.94. The SMILES string of the molecule is CCN(CC)Cc1cnc(-c2cc3cccc(N(C(C)C)S(=O)(=O)c4cccs4)c3[nH]2)s1.O=C(O)C(F)(F)F. The number of aromatic nitrogens is 2. The van der Waals surface area contributed by atoms with E-state index in [0.29, 0.717) is 9.90 Å². The first kappa shape index (κ1) is 30.6. The number of nitrogens with one attached hydrogen (secondary N) is 1. The fraction of sp³-hybridized carbons (Fsp3) is 0.360. The zero-order valence-corrected chi connectivity index (χ0v) is 24.1. The van der Waals surface area contributed by atoms with E-state index in [1.54, 1.807) is 28.8 Å². The number of hydrogen-bond acceptors (Lipinski definition) is 7. The number of carboxylic acids is 1. The molecule has 0 amide bonds. The number of hydrogen-bond donors (Lipinski definition) is 2. The van der Waals surface area contributed by atoms with Crippen LogP contribution in [0.3, 0.4) is 0 Å². The highest BCUT2D eigenvalue weighted by molar-refractivity contribution is 7.94. The average molecular weight is 603 g/mol. The maximum Gasteiger partial charge on any atom is 0.490 e. The highest BCUT2D eigenvalue weighted by Gasteiger charge is 2.38. The molecule has 0 bridgehead atoms. The van der Waals surface area contributed by atoms with Gasteiger partial charge in [-0.3, -0.25) is 9.21 Å². The Bertz CT molecular complexity index is 1490. The largest absolute Gasteiger partial charge is 0.490 e. The quantitative estimate of drug-likeness (QED) is 0.229. The molecule has 212 valence electrons. The number of carbonyl (C=O) groups is 1. The fourth-order valence-corrected chi connectivity index (χ4v) is 7.48. The van der Waals surface area contributed by atoms with Crippen molar-refractivity contribution in [2.45, 2.75) is 50.7 Å². The lowest BCUT2D eigenvalue weighted by Crippen LogP contribution is -2.36. The first-order valence-corrected chi connectivity index (χ1v) is 15.1. The third kappa shape index (κ3) is 7.18. The van der Waals surface area contributed by atoms with Crippen LogP contribution in [0.5, 0.6) is 0 Å². The van der Waals surface area contributed by atoms with Gasteiger partial charge in [0, 0.05) is 29.0 Å². The van der Waals surface area contributed by atoms with Gasteiger partial charge in [0.25, 0.3) is 10.0 Å². The maximum atomic E-state index is 13.4. The van der Waals surface area contributed by atoms with Crippen molar-refractivity contribution >= 4 is 55.3 Å². The summed E-state index contributed by atoms with van der Waals surface area (Å²) in [6.07, 6.45) is -3.15. The van der Waals surface area contributed by atoms with Crippen LogP contribution in [-0.2, 0) is 21.4 Å². The lowest BCUT2D eigenvalue weighted by Gasteiger charge is -2.28. The topological polar surface area (TPSA) is 107 Å². The Morgan fingerprint density at radius 3 is 2.36 bits per heavy atom. The van der Waals surface area contributed by atoms with Crippen molar-refractivity contribution in [2.75, 3.05) is 17.4 Å². The van der Waals surface area contributed by atoms with Crippen molar-refractivity contribution in [3.8, 4) is 10.7 Å². The van der Waals surface area contributed by atoms with Gasteiger partial charge in [-0.25, -0.2) is 18.2 Å². The van der Waals surface area contributed by atoms with Gasteiger partial charge in [0.1, 0.15) is 9.22 Å². The number of H-pyrrole nitrogens is 1. The van der Waals surface area contributed by atoms with Gasteiger partial charge in [0.05, 0.1) is 16.9 Å². The summed E-state index contributed by atoms with van der Waals surface area (Å²) in [5, 5.41) is 10.8. The molecule has 0 aliphatic heterocycles. The molecule has 4 rings (SSSR count). The van der Waals surface area contributed by atoms with Crippen LogP contribution in [0.15, 0.2) is 52.2 Å². The van der Waals surface area contributed by atoms with Crippen molar-refractivity contribution in [1.82, 2.24) is 14.9 Å². The molecule has 0 aliphatic rings. The molecule has 0 aliphatic carbocycles. The zero-order chi connectivity index (χ0) is 29.0. The Morgan fingerprint density at radius 2 is 1.82 bits per heavy atom. The van der Waals surface area contributed by atoms with E-state index in [2.05, 4.69) is 34.8 Å². The summed E-state index contributed by atoms with van der Waals surface area (Å²) in [5.74, 6) is -2.76. The fourth-order valence-electron chi connectivity index (χ4n) is 3.80. The lowest BCUT2D eigenvalue weighted by atomic mass is 10.2.